The summed E-state index contributed by atoms with van der Waals surface area (Å²) < 4.78 is 24.3. The molecule has 2 rings (SSSR count). The van der Waals surface area contributed by atoms with Crippen LogP contribution in [-0.2, 0) is 20.4 Å². The molecule has 1 aliphatic rings. The fourth-order valence-corrected chi connectivity index (χ4v) is 4.40. The fraction of sp³-hybridized carbons (Fsp3) is 0.562. The molecule has 1 amide bonds. The molecule has 2 unspecified atom stereocenters. The lowest BCUT2D eigenvalue weighted by Crippen LogP contribution is -2.43. The number of benzene rings is 1. The first-order chi connectivity index (χ1) is 10.4. The highest BCUT2D eigenvalue weighted by Crippen LogP contribution is 2.23. The number of hydrogen-bond donors (Lipinski definition) is 1. The summed E-state index contributed by atoms with van der Waals surface area (Å²) >= 11 is 5.85. The van der Waals surface area contributed by atoms with Crippen LogP contribution in [-0.4, -0.2) is 26.1 Å². The van der Waals surface area contributed by atoms with E-state index in [4.69, 9.17) is 11.6 Å². The summed E-state index contributed by atoms with van der Waals surface area (Å²) in [5, 5.41) is 3.37. The minimum absolute atomic E-state index is 0.0996. The van der Waals surface area contributed by atoms with Gasteiger partial charge in [0.05, 0.1) is 5.75 Å². The minimum Gasteiger partial charge on any atom is -0.352 e. The van der Waals surface area contributed by atoms with E-state index in [9.17, 15) is 13.2 Å². The quantitative estimate of drug-likeness (QED) is 0.894. The molecule has 0 aliphatic heterocycles. The van der Waals surface area contributed by atoms with Gasteiger partial charge in [0.2, 0.25) is 5.91 Å². The largest absolute Gasteiger partial charge is 0.352 e. The first-order valence-electron chi connectivity index (χ1n) is 7.60. The lowest BCUT2D eigenvalue weighted by molar-refractivity contribution is -0.119. The molecule has 4 nitrogen and oxygen atoms in total. The molecule has 1 aliphatic carbocycles. The Bertz CT molecular complexity index is 630. The fourth-order valence-electron chi connectivity index (χ4n) is 2.91. The maximum absolute atomic E-state index is 12.1. The Kier molecular flexibility index (Phi) is 5.87. The average molecular weight is 344 g/mol. The lowest BCUT2D eigenvalue weighted by Gasteiger charge is -2.29. The molecule has 22 heavy (non-hydrogen) atoms. The van der Waals surface area contributed by atoms with Crippen molar-refractivity contribution in [3.63, 3.8) is 0 Å². The summed E-state index contributed by atoms with van der Waals surface area (Å²) in [6, 6.07) is 6.80. The van der Waals surface area contributed by atoms with Crippen LogP contribution in [0.4, 0.5) is 0 Å². The van der Waals surface area contributed by atoms with Gasteiger partial charge in [0.15, 0.2) is 9.84 Å². The predicted molar refractivity (Wildman–Crippen MR) is 88.5 cm³/mol. The second kappa shape index (κ2) is 7.47. The Balaban J connectivity index is 1.92. The van der Waals surface area contributed by atoms with E-state index >= 15 is 0 Å². The van der Waals surface area contributed by atoms with Gasteiger partial charge in [0.1, 0.15) is 5.75 Å². The van der Waals surface area contributed by atoms with E-state index in [-0.39, 0.29) is 11.8 Å². The van der Waals surface area contributed by atoms with E-state index in [0.717, 1.165) is 19.3 Å². The Morgan fingerprint density at radius 1 is 1.32 bits per heavy atom. The summed E-state index contributed by atoms with van der Waals surface area (Å²) in [6.45, 7) is 2.10. The van der Waals surface area contributed by atoms with E-state index in [1.807, 2.05) is 0 Å². The monoisotopic (exact) mass is 343 g/mol. The molecule has 2 atom stereocenters. The highest BCUT2D eigenvalue weighted by molar-refractivity contribution is 7.91. The van der Waals surface area contributed by atoms with Crippen molar-refractivity contribution in [3.8, 4) is 0 Å². The molecule has 1 aromatic rings. The van der Waals surface area contributed by atoms with E-state index in [0.29, 0.717) is 16.5 Å². The van der Waals surface area contributed by atoms with Gasteiger partial charge < -0.3 is 5.32 Å². The summed E-state index contributed by atoms with van der Waals surface area (Å²) in [6.07, 6.45) is 4.28. The molecule has 0 bridgehead atoms. The summed E-state index contributed by atoms with van der Waals surface area (Å²) in [7, 11) is -3.49. The summed E-state index contributed by atoms with van der Waals surface area (Å²) in [5.41, 5.74) is 0.603. The molecule has 1 fully saturated rings. The van der Waals surface area contributed by atoms with Gasteiger partial charge in [-0.2, -0.15) is 0 Å². The summed E-state index contributed by atoms with van der Waals surface area (Å²) in [5.74, 6) is -0.627. The normalized spacial score (nSPS) is 22.3. The van der Waals surface area contributed by atoms with Crippen LogP contribution >= 0.6 is 11.6 Å². The van der Waals surface area contributed by atoms with E-state index in [2.05, 4.69) is 12.2 Å². The van der Waals surface area contributed by atoms with Crippen molar-refractivity contribution in [2.45, 2.75) is 44.4 Å². The molecule has 122 valence electrons. The second-order valence-electron chi connectivity index (χ2n) is 6.10. The molecular formula is C16H22ClNO3S. The number of nitrogens with one attached hydrogen (secondary N) is 1. The number of rotatable bonds is 5. The molecule has 1 saturated carbocycles. The van der Waals surface area contributed by atoms with Gasteiger partial charge in [-0.15, -0.1) is 0 Å². The highest BCUT2D eigenvalue weighted by Gasteiger charge is 2.25. The van der Waals surface area contributed by atoms with E-state index in [1.165, 1.54) is 6.42 Å². The smallest absolute Gasteiger partial charge is 0.235 e. The molecular weight excluding hydrogens is 322 g/mol. The maximum atomic E-state index is 12.1. The van der Waals surface area contributed by atoms with Crippen molar-refractivity contribution in [1.82, 2.24) is 5.32 Å². The van der Waals surface area contributed by atoms with Gasteiger partial charge in [0, 0.05) is 11.1 Å². The maximum Gasteiger partial charge on any atom is 0.235 e. The predicted octanol–water partition coefficient (Wildman–Crippen LogP) is 2.95. The van der Waals surface area contributed by atoms with Gasteiger partial charge in [-0.05, 0) is 36.5 Å². The van der Waals surface area contributed by atoms with Crippen LogP contribution in [0.5, 0.6) is 0 Å². The zero-order valence-corrected chi connectivity index (χ0v) is 14.3. The second-order valence-corrected chi connectivity index (χ2v) is 8.60. The molecule has 0 spiro atoms. The molecule has 0 aromatic heterocycles. The van der Waals surface area contributed by atoms with Gasteiger partial charge in [-0.25, -0.2) is 8.42 Å². The third kappa shape index (κ3) is 5.29. The van der Waals surface area contributed by atoms with Gasteiger partial charge in [0.25, 0.3) is 0 Å². The van der Waals surface area contributed by atoms with E-state index < -0.39 is 21.5 Å². The van der Waals surface area contributed by atoms with Crippen LogP contribution in [0.15, 0.2) is 24.3 Å². The molecule has 0 radical (unpaired) electrons. The third-order valence-electron chi connectivity index (χ3n) is 4.08. The SMILES string of the molecule is CC1CCCCC1NC(=O)CS(=O)(=O)Cc1cccc(Cl)c1. The Morgan fingerprint density at radius 3 is 2.73 bits per heavy atom. The van der Waals surface area contributed by atoms with Gasteiger partial charge >= 0.3 is 0 Å². The standard InChI is InChI=1S/C16H22ClNO3S/c1-12-5-2-3-8-15(12)18-16(19)11-22(20,21)10-13-6-4-7-14(17)9-13/h4,6-7,9,12,15H,2-3,5,8,10-11H2,1H3,(H,18,19). The van der Waals surface area contributed by atoms with Gasteiger partial charge in [-0.1, -0.05) is 43.5 Å². The number of amides is 1. The Hall–Kier alpha value is -1.07. The minimum atomic E-state index is -3.49. The lowest BCUT2D eigenvalue weighted by atomic mass is 9.86. The molecule has 6 heteroatoms. The van der Waals surface area contributed by atoms with Crippen LogP contribution < -0.4 is 5.32 Å². The van der Waals surface area contributed by atoms with Crippen molar-refractivity contribution >= 4 is 27.3 Å². The van der Waals surface area contributed by atoms with Crippen LogP contribution in [0, 0.1) is 5.92 Å². The van der Waals surface area contributed by atoms with Crippen LogP contribution in [0.1, 0.15) is 38.2 Å². The van der Waals surface area contributed by atoms with Crippen molar-refractivity contribution in [2.24, 2.45) is 5.92 Å². The molecule has 1 N–H and O–H groups in total. The Morgan fingerprint density at radius 2 is 2.05 bits per heavy atom. The summed E-state index contributed by atoms with van der Waals surface area (Å²) in [4.78, 5) is 12.0. The van der Waals surface area contributed by atoms with Crippen LogP contribution in [0.2, 0.25) is 5.02 Å². The van der Waals surface area contributed by atoms with Crippen molar-refractivity contribution < 1.29 is 13.2 Å². The van der Waals surface area contributed by atoms with Crippen LogP contribution in [0.25, 0.3) is 0 Å². The van der Waals surface area contributed by atoms with Crippen molar-refractivity contribution in [1.29, 1.82) is 0 Å². The Labute approximate surface area is 137 Å². The molecule has 0 heterocycles. The number of carbonyl (C=O) groups excluding carboxylic acids is 1. The van der Waals surface area contributed by atoms with Crippen LogP contribution in [0.3, 0.4) is 0 Å². The molecule has 0 saturated heterocycles. The first-order valence-corrected chi connectivity index (χ1v) is 9.80. The first kappa shape index (κ1) is 17.3. The average Bonchev–Trinajstić information content (AvgIpc) is 2.40. The topological polar surface area (TPSA) is 63.2 Å². The molecule has 1 aromatic carbocycles. The number of hydrogen-bond acceptors (Lipinski definition) is 3. The number of halogens is 1. The highest BCUT2D eigenvalue weighted by atomic mass is 35.5. The third-order valence-corrected chi connectivity index (χ3v) is 5.79. The zero-order valence-electron chi connectivity index (χ0n) is 12.7. The van der Waals surface area contributed by atoms with Gasteiger partial charge in [-0.3, -0.25) is 4.79 Å². The van der Waals surface area contributed by atoms with Crippen molar-refractivity contribution in [2.75, 3.05) is 5.75 Å². The number of sulfone groups is 1. The zero-order chi connectivity index (χ0) is 16.2. The van der Waals surface area contributed by atoms with E-state index in [1.54, 1.807) is 24.3 Å². The van der Waals surface area contributed by atoms with Crippen molar-refractivity contribution in [3.05, 3.63) is 34.9 Å². The number of carbonyl (C=O) groups is 1.